The highest BCUT2D eigenvalue weighted by atomic mass is 15.1. The molecule has 0 aliphatic carbocycles. The third-order valence-corrected chi connectivity index (χ3v) is 4.69. The zero-order valence-corrected chi connectivity index (χ0v) is 11.0. The summed E-state index contributed by atoms with van der Waals surface area (Å²) in [4.78, 5) is 6.37. The van der Waals surface area contributed by atoms with Gasteiger partial charge in [-0.1, -0.05) is 12.1 Å². The molecule has 2 aliphatic heterocycles. The van der Waals surface area contributed by atoms with Crippen molar-refractivity contribution in [3.63, 3.8) is 0 Å². The predicted molar refractivity (Wildman–Crippen MR) is 75.2 cm³/mol. The third kappa shape index (κ3) is 1.52. The Morgan fingerprint density at radius 1 is 1.28 bits per heavy atom. The van der Waals surface area contributed by atoms with Gasteiger partial charge in [-0.25, -0.2) is 0 Å². The van der Waals surface area contributed by atoms with Crippen molar-refractivity contribution in [2.75, 3.05) is 19.6 Å². The fraction of sp³-hybridized carbons (Fsp3) is 0.500. The smallest absolute Gasteiger partial charge is 0.0461 e. The molecule has 94 valence electrons. The van der Waals surface area contributed by atoms with Gasteiger partial charge in [-0.15, -0.1) is 0 Å². The maximum Gasteiger partial charge on any atom is 0.0461 e. The van der Waals surface area contributed by atoms with E-state index in [1.54, 1.807) is 5.56 Å². The zero-order chi connectivity index (χ0) is 12.1. The van der Waals surface area contributed by atoms with Crippen LogP contribution >= 0.6 is 0 Å². The van der Waals surface area contributed by atoms with Crippen molar-refractivity contribution in [3.05, 3.63) is 35.0 Å². The SMILES string of the molecule is Cc1ccc2c3c([nH]c2c1)C1CCCN(CC3)C1. The maximum absolute atomic E-state index is 3.73. The van der Waals surface area contributed by atoms with E-state index in [1.807, 2.05) is 0 Å². The molecule has 1 aromatic carbocycles. The topological polar surface area (TPSA) is 19.0 Å². The minimum atomic E-state index is 0.740. The summed E-state index contributed by atoms with van der Waals surface area (Å²) in [5, 5.41) is 1.46. The van der Waals surface area contributed by atoms with Crippen LogP contribution in [-0.2, 0) is 6.42 Å². The predicted octanol–water partition coefficient (Wildman–Crippen LogP) is 3.21. The van der Waals surface area contributed by atoms with E-state index in [-0.39, 0.29) is 0 Å². The summed E-state index contributed by atoms with van der Waals surface area (Å²) >= 11 is 0. The van der Waals surface area contributed by atoms with Crippen molar-refractivity contribution in [1.29, 1.82) is 0 Å². The summed E-state index contributed by atoms with van der Waals surface area (Å²) in [6.07, 6.45) is 3.93. The number of hydrogen-bond acceptors (Lipinski definition) is 1. The van der Waals surface area contributed by atoms with Crippen molar-refractivity contribution in [2.45, 2.75) is 32.1 Å². The lowest BCUT2D eigenvalue weighted by atomic mass is 9.93. The molecule has 0 spiro atoms. The average Bonchev–Trinajstić information content (AvgIpc) is 2.69. The zero-order valence-electron chi connectivity index (χ0n) is 11.0. The Morgan fingerprint density at radius 2 is 2.22 bits per heavy atom. The normalized spacial score (nSPS) is 26.9. The number of rotatable bonds is 0. The van der Waals surface area contributed by atoms with Gasteiger partial charge < -0.3 is 9.88 Å². The standard InChI is InChI=1S/C16H20N2/c1-11-4-5-13-14-6-8-18-7-2-3-12(10-18)16(14)17-15(13)9-11/h4-5,9,12,17H,2-3,6-8,10H2,1H3. The van der Waals surface area contributed by atoms with Crippen molar-refractivity contribution in [2.24, 2.45) is 0 Å². The number of nitrogens with one attached hydrogen (secondary N) is 1. The van der Waals surface area contributed by atoms with E-state index >= 15 is 0 Å². The molecule has 2 aliphatic rings. The molecule has 2 atom stereocenters. The lowest BCUT2D eigenvalue weighted by molar-refractivity contribution is 0.217. The molecule has 0 radical (unpaired) electrons. The molecule has 0 amide bonds. The van der Waals surface area contributed by atoms with Crippen molar-refractivity contribution < 1.29 is 0 Å². The van der Waals surface area contributed by atoms with E-state index in [1.165, 1.54) is 61.1 Å². The Labute approximate surface area is 108 Å². The number of aromatic nitrogens is 1. The van der Waals surface area contributed by atoms with E-state index in [2.05, 4.69) is 35.0 Å². The monoisotopic (exact) mass is 240 g/mol. The van der Waals surface area contributed by atoms with Crippen LogP contribution in [0.1, 0.15) is 35.6 Å². The van der Waals surface area contributed by atoms with Crippen molar-refractivity contribution >= 4 is 10.9 Å². The van der Waals surface area contributed by atoms with E-state index in [0.29, 0.717) is 0 Å². The first-order chi connectivity index (χ1) is 8.81. The molecular formula is C16H20N2. The van der Waals surface area contributed by atoms with Crippen LogP contribution < -0.4 is 0 Å². The minimum absolute atomic E-state index is 0.740. The Kier molecular flexibility index (Phi) is 2.28. The Hall–Kier alpha value is -1.28. The minimum Gasteiger partial charge on any atom is -0.358 e. The summed E-state index contributed by atoms with van der Waals surface area (Å²) in [5.74, 6) is 0.740. The van der Waals surface area contributed by atoms with E-state index in [0.717, 1.165) is 5.92 Å². The highest BCUT2D eigenvalue weighted by molar-refractivity contribution is 5.85. The fourth-order valence-electron chi connectivity index (χ4n) is 3.77. The summed E-state index contributed by atoms with van der Waals surface area (Å²) in [5.41, 5.74) is 5.83. The lowest BCUT2D eigenvalue weighted by Crippen LogP contribution is -2.33. The molecule has 18 heavy (non-hydrogen) atoms. The van der Waals surface area contributed by atoms with Crippen LogP contribution in [0.25, 0.3) is 10.9 Å². The van der Waals surface area contributed by atoms with Gasteiger partial charge in [-0.3, -0.25) is 0 Å². The first kappa shape index (κ1) is 10.6. The molecule has 4 rings (SSSR count). The Morgan fingerprint density at radius 3 is 3.17 bits per heavy atom. The van der Waals surface area contributed by atoms with E-state index in [9.17, 15) is 0 Å². The Balaban J connectivity index is 1.91. The highest BCUT2D eigenvalue weighted by Gasteiger charge is 2.28. The number of benzene rings is 1. The van der Waals surface area contributed by atoms with Crippen LogP contribution in [-0.4, -0.2) is 29.5 Å². The van der Waals surface area contributed by atoms with Crippen LogP contribution in [0.3, 0.4) is 0 Å². The van der Waals surface area contributed by atoms with Crippen LogP contribution in [0.15, 0.2) is 18.2 Å². The van der Waals surface area contributed by atoms with Gasteiger partial charge in [0.25, 0.3) is 0 Å². The second kappa shape index (κ2) is 3.86. The van der Waals surface area contributed by atoms with E-state index < -0.39 is 0 Å². The molecule has 2 unspecified atom stereocenters. The summed E-state index contributed by atoms with van der Waals surface area (Å²) in [6.45, 7) is 5.98. The fourth-order valence-corrected chi connectivity index (χ4v) is 3.77. The van der Waals surface area contributed by atoms with Gasteiger partial charge in [0.15, 0.2) is 0 Å². The van der Waals surface area contributed by atoms with Gasteiger partial charge in [-0.2, -0.15) is 0 Å². The van der Waals surface area contributed by atoms with Gasteiger partial charge in [-0.05, 0) is 49.9 Å². The summed E-state index contributed by atoms with van der Waals surface area (Å²) in [6, 6.07) is 6.85. The molecule has 2 bridgehead atoms. The first-order valence-electron chi connectivity index (χ1n) is 7.15. The van der Waals surface area contributed by atoms with Gasteiger partial charge in [0.2, 0.25) is 0 Å². The van der Waals surface area contributed by atoms with Crippen LogP contribution in [0.2, 0.25) is 0 Å². The van der Waals surface area contributed by atoms with E-state index in [4.69, 9.17) is 0 Å². The molecule has 1 aromatic heterocycles. The van der Waals surface area contributed by atoms with Gasteiger partial charge in [0, 0.05) is 35.6 Å². The second-order valence-corrected chi connectivity index (χ2v) is 5.96. The molecule has 2 nitrogen and oxygen atoms in total. The highest BCUT2D eigenvalue weighted by Crippen LogP contribution is 2.36. The number of aromatic amines is 1. The number of fused-ring (bicyclic) bond motifs is 6. The average molecular weight is 240 g/mol. The molecule has 3 heterocycles. The van der Waals surface area contributed by atoms with Gasteiger partial charge in [0.1, 0.15) is 0 Å². The summed E-state index contributed by atoms with van der Waals surface area (Å²) in [7, 11) is 0. The van der Waals surface area contributed by atoms with Gasteiger partial charge >= 0.3 is 0 Å². The molecular weight excluding hydrogens is 220 g/mol. The number of nitrogens with zero attached hydrogens (tertiary/aromatic N) is 1. The number of aryl methyl sites for hydroxylation is 1. The summed E-state index contributed by atoms with van der Waals surface area (Å²) < 4.78 is 0. The second-order valence-electron chi connectivity index (χ2n) is 5.96. The van der Waals surface area contributed by atoms with Crippen molar-refractivity contribution in [1.82, 2.24) is 9.88 Å². The number of H-pyrrole nitrogens is 1. The van der Waals surface area contributed by atoms with Crippen LogP contribution in [0.5, 0.6) is 0 Å². The third-order valence-electron chi connectivity index (χ3n) is 4.69. The largest absolute Gasteiger partial charge is 0.358 e. The van der Waals surface area contributed by atoms with Gasteiger partial charge in [0.05, 0.1) is 0 Å². The van der Waals surface area contributed by atoms with Crippen molar-refractivity contribution in [3.8, 4) is 0 Å². The van der Waals surface area contributed by atoms with Crippen LogP contribution in [0, 0.1) is 6.92 Å². The molecule has 1 fully saturated rings. The molecule has 2 heteroatoms. The Bertz CT molecular complexity index is 596. The first-order valence-corrected chi connectivity index (χ1v) is 7.15. The molecule has 2 aromatic rings. The quantitative estimate of drug-likeness (QED) is 0.749. The number of hydrogen-bond donors (Lipinski definition) is 1. The number of piperidine rings is 1. The molecule has 1 N–H and O–H groups in total. The lowest BCUT2D eigenvalue weighted by Gasteiger charge is -2.29. The molecule has 1 saturated heterocycles. The maximum atomic E-state index is 3.73. The van der Waals surface area contributed by atoms with Crippen LogP contribution in [0.4, 0.5) is 0 Å². The molecule has 0 saturated carbocycles.